The molecule has 0 spiro atoms. The second-order valence-electron chi connectivity index (χ2n) is 3.38. The molecule has 0 heterocycles. The molecule has 0 aliphatic rings. The molecule has 0 N–H and O–H groups in total. The molecule has 0 aliphatic carbocycles. The molecule has 0 amide bonds. The van der Waals surface area contributed by atoms with E-state index in [9.17, 15) is 4.79 Å². The molecule has 0 bridgehead atoms. The van der Waals surface area contributed by atoms with Gasteiger partial charge in [0.05, 0.1) is 5.25 Å². The van der Waals surface area contributed by atoms with Gasteiger partial charge in [0.15, 0.2) is 0 Å². The normalized spacial score (nSPS) is 12.5. The van der Waals surface area contributed by atoms with Crippen molar-refractivity contribution < 1.29 is 4.79 Å². The van der Waals surface area contributed by atoms with E-state index in [2.05, 4.69) is 12.6 Å². The molecule has 4 heteroatoms. The Kier molecular flexibility index (Phi) is 4.97. The average molecular weight is 263 g/mol. The van der Waals surface area contributed by atoms with Crippen LogP contribution in [0.2, 0.25) is 10.0 Å². The number of hydrogen-bond acceptors (Lipinski definition) is 2. The minimum Gasteiger partial charge on any atom is -0.298 e. The van der Waals surface area contributed by atoms with Crippen molar-refractivity contribution in [3.8, 4) is 0 Å². The monoisotopic (exact) mass is 262 g/mol. The maximum Gasteiger partial charge on any atom is 0.145 e. The van der Waals surface area contributed by atoms with Gasteiger partial charge < -0.3 is 0 Å². The number of aryl methyl sites for hydroxylation is 1. The van der Waals surface area contributed by atoms with Crippen molar-refractivity contribution in [1.82, 2.24) is 0 Å². The van der Waals surface area contributed by atoms with Crippen LogP contribution < -0.4 is 0 Å². The molecule has 0 saturated carbocycles. The first-order valence-corrected chi connectivity index (χ1v) is 5.92. The van der Waals surface area contributed by atoms with Crippen molar-refractivity contribution in [3.63, 3.8) is 0 Å². The minimum atomic E-state index is -0.212. The molecule has 1 aromatic rings. The Labute approximate surface area is 105 Å². The molecule has 1 atom stereocenters. The zero-order chi connectivity index (χ0) is 11.4. The lowest BCUT2D eigenvalue weighted by atomic mass is 10.1. The van der Waals surface area contributed by atoms with Gasteiger partial charge in [0.2, 0.25) is 0 Å². The average Bonchev–Trinajstić information content (AvgIpc) is 2.15. The molecule has 1 aromatic carbocycles. The van der Waals surface area contributed by atoms with Crippen LogP contribution in [0.25, 0.3) is 0 Å². The van der Waals surface area contributed by atoms with Crippen molar-refractivity contribution in [1.29, 1.82) is 0 Å². The molecule has 1 rings (SSSR count). The fraction of sp³-hybridized carbons (Fsp3) is 0.364. The fourth-order valence-corrected chi connectivity index (χ4v) is 1.82. The summed E-state index contributed by atoms with van der Waals surface area (Å²) in [6.45, 7) is 1.77. The minimum absolute atomic E-state index is 0.129. The molecule has 0 aliphatic heterocycles. The van der Waals surface area contributed by atoms with Crippen molar-refractivity contribution in [3.05, 3.63) is 33.8 Å². The number of carbonyl (C=O) groups excluding carboxylic acids is 1. The third-order valence-corrected chi connectivity index (χ3v) is 3.00. The maximum atomic E-state index is 11.3. The molecule has 0 radical (unpaired) electrons. The number of benzene rings is 1. The highest BCUT2D eigenvalue weighted by molar-refractivity contribution is 7.81. The molecular weight excluding hydrogens is 251 g/mol. The van der Waals surface area contributed by atoms with Crippen LogP contribution in [0.15, 0.2) is 18.2 Å². The summed E-state index contributed by atoms with van der Waals surface area (Å²) in [6.07, 6.45) is 1.10. The lowest BCUT2D eigenvalue weighted by Crippen LogP contribution is -2.11. The number of hydrogen-bond donors (Lipinski definition) is 1. The highest BCUT2D eigenvalue weighted by Gasteiger charge is 2.09. The van der Waals surface area contributed by atoms with E-state index >= 15 is 0 Å². The number of rotatable bonds is 4. The summed E-state index contributed by atoms with van der Waals surface area (Å²) in [6, 6.07) is 5.31. The quantitative estimate of drug-likeness (QED) is 0.817. The predicted octanol–water partition coefficient (Wildman–Crippen LogP) is 3.81. The molecule has 1 nitrogen and oxygen atoms in total. The predicted molar refractivity (Wildman–Crippen MR) is 68.2 cm³/mol. The van der Waals surface area contributed by atoms with Gasteiger partial charge in [0.25, 0.3) is 0 Å². The zero-order valence-corrected chi connectivity index (χ0v) is 10.7. The Morgan fingerprint density at radius 1 is 1.47 bits per heavy atom. The van der Waals surface area contributed by atoms with E-state index in [0.717, 1.165) is 5.56 Å². The van der Waals surface area contributed by atoms with Gasteiger partial charge in [0, 0.05) is 16.5 Å². The highest BCUT2D eigenvalue weighted by atomic mass is 35.5. The summed E-state index contributed by atoms with van der Waals surface area (Å²) in [4.78, 5) is 11.3. The SMILES string of the molecule is CC(S)C(=O)CCc1ccc(Cl)cc1Cl. The topological polar surface area (TPSA) is 17.1 Å². The van der Waals surface area contributed by atoms with Gasteiger partial charge in [-0.25, -0.2) is 0 Å². The highest BCUT2D eigenvalue weighted by Crippen LogP contribution is 2.22. The Hall–Kier alpha value is -0.180. The third-order valence-electron chi connectivity index (χ3n) is 2.12. The summed E-state index contributed by atoms with van der Waals surface area (Å²) >= 11 is 15.8. The summed E-state index contributed by atoms with van der Waals surface area (Å²) in [7, 11) is 0. The Bertz CT molecular complexity index is 364. The van der Waals surface area contributed by atoms with Gasteiger partial charge in [-0.05, 0) is 31.0 Å². The van der Waals surface area contributed by atoms with Crippen LogP contribution in [0.1, 0.15) is 18.9 Å². The van der Waals surface area contributed by atoms with Crippen LogP contribution in [-0.2, 0) is 11.2 Å². The largest absolute Gasteiger partial charge is 0.298 e. The number of halogens is 2. The standard InChI is InChI=1S/C11H12Cl2OS/c1-7(15)11(14)5-3-8-2-4-9(12)6-10(8)13/h2,4,6-7,15H,3,5H2,1H3. The third kappa shape index (κ3) is 4.06. The van der Waals surface area contributed by atoms with Gasteiger partial charge in [-0.1, -0.05) is 29.3 Å². The van der Waals surface area contributed by atoms with Crippen molar-refractivity contribution >= 4 is 41.6 Å². The van der Waals surface area contributed by atoms with Gasteiger partial charge in [-0.15, -0.1) is 0 Å². The summed E-state index contributed by atoms with van der Waals surface area (Å²) in [5, 5.41) is 1.01. The van der Waals surface area contributed by atoms with Crippen LogP contribution in [0.4, 0.5) is 0 Å². The molecule has 0 saturated heterocycles. The number of thiol groups is 1. The van der Waals surface area contributed by atoms with Crippen LogP contribution in [0.5, 0.6) is 0 Å². The zero-order valence-electron chi connectivity index (χ0n) is 8.34. The summed E-state index contributed by atoms with van der Waals surface area (Å²) < 4.78 is 0. The lowest BCUT2D eigenvalue weighted by Gasteiger charge is -2.05. The van der Waals surface area contributed by atoms with Gasteiger partial charge in [-0.3, -0.25) is 4.79 Å². The van der Waals surface area contributed by atoms with Gasteiger partial charge >= 0.3 is 0 Å². The van der Waals surface area contributed by atoms with E-state index in [1.165, 1.54) is 0 Å². The van der Waals surface area contributed by atoms with Crippen LogP contribution in [0.3, 0.4) is 0 Å². The second-order valence-corrected chi connectivity index (χ2v) is 5.00. The van der Waals surface area contributed by atoms with E-state index in [-0.39, 0.29) is 11.0 Å². The van der Waals surface area contributed by atoms with Crippen LogP contribution in [0, 0.1) is 0 Å². The molecular formula is C11H12Cl2OS. The molecule has 0 aromatic heterocycles. The Balaban J connectivity index is 2.62. The molecule has 1 unspecified atom stereocenters. The van der Waals surface area contributed by atoms with E-state index in [1.54, 1.807) is 19.1 Å². The fourth-order valence-electron chi connectivity index (χ4n) is 1.19. The number of carbonyl (C=O) groups is 1. The van der Waals surface area contributed by atoms with Crippen molar-refractivity contribution in [2.45, 2.75) is 25.0 Å². The van der Waals surface area contributed by atoms with Gasteiger partial charge in [0.1, 0.15) is 5.78 Å². The summed E-state index contributed by atoms with van der Waals surface area (Å²) in [5.74, 6) is 0.129. The smallest absolute Gasteiger partial charge is 0.145 e. The van der Waals surface area contributed by atoms with Crippen LogP contribution in [-0.4, -0.2) is 11.0 Å². The van der Waals surface area contributed by atoms with E-state index < -0.39 is 0 Å². The Morgan fingerprint density at radius 2 is 2.13 bits per heavy atom. The molecule has 82 valence electrons. The molecule has 15 heavy (non-hydrogen) atoms. The lowest BCUT2D eigenvalue weighted by molar-refractivity contribution is -0.118. The second kappa shape index (κ2) is 5.78. The van der Waals surface area contributed by atoms with E-state index in [4.69, 9.17) is 23.2 Å². The molecule has 0 fully saturated rings. The van der Waals surface area contributed by atoms with Crippen molar-refractivity contribution in [2.75, 3.05) is 0 Å². The first-order chi connectivity index (χ1) is 7.00. The van der Waals surface area contributed by atoms with Crippen molar-refractivity contribution in [2.24, 2.45) is 0 Å². The number of Topliss-reactive ketones (excluding diaryl/α,β-unsaturated/α-hetero) is 1. The first kappa shape index (κ1) is 12.9. The van der Waals surface area contributed by atoms with E-state index in [1.807, 2.05) is 6.07 Å². The summed E-state index contributed by atoms with van der Waals surface area (Å²) in [5.41, 5.74) is 0.948. The van der Waals surface area contributed by atoms with Gasteiger partial charge in [-0.2, -0.15) is 12.6 Å². The number of ketones is 1. The van der Waals surface area contributed by atoms with Crippen LogP contribution >= 0.6 is 35.8 Å². The van der Waals surface area contributed by atoms with E-state index in [0.29, 0.717) is 22.9 Å². The maximum absolute atomic E-state index is 11.3. The first-order valence-electron chi connectivity index (χ1n) is 4.65. The Morgan fingerprint density at radius 3 is 2.67 bits per heavy atom.